The average molecular weight is 167 g/mol. The molecule has 0 aromatic carbocycles. The van der Waals surface area contributed by atoms with Crippen LogP contribution < -0.4 is 0 Å². The van der Waals surface area contributed by atoms with Crippen LogP contribution in [0.15, 0.2) is 0 Å². The molecule has 0 aromatic rings. The van der Waals surface area contributed by atoms with Crippen LogP contribution in [0.5, 0.6) is 0 Å². The summed E-state index contributed by atoms with van der Waals surface area (Å²) in [7, 11) is 0. The summed E-state index contributed by atoms with van der Waals surface area (Å²) in [6.45, 7) is 8.84. The summed E-state index contributed by atoms with van der Waals surface area (Å²) in [4.78, 5) is 0. The lowest BCUT2D eigenvalue weighted by molar-refractivity contribution is 0.426. The molecule has 1 aliphatic rings. The van der Waals surface area contributed by atoms with E-state index < -0.39 is 0 Å². The lowest BCUT2D eigenvalue weighted by Crippen LogP contribution is -2.34. The van der Waals surface area contributed by atoms with Crippen LogP contribution in [-0.4, -0.2) is 5.71 Å². The van der Waals surface area contributed by atoms with Crippen molar-refractivity contribution in [2.24, 2.45) is 10.8 Å². The minimum absolute atomic E-state index is 0.139. The highest BCUT2D eigenvalue weighted by molar-refractivity contribution is 5.91. The zero-order valence-electron chi connectivity index (χ0n) is 8.83. The minimum atomic E-state index is 0.139. The fourth-order valence-corrected chi connectivity index (χ4v) is 2.30. The van der Waals surface area contributed by atoms with Crippen molar-refractivity contribution in [1.29, 1.82) is 5.41 Å². The quantitative estimate of drug-likeness (QED) is 0.533. The van der Waals surface area contributed by atoms with Crippen molar-refractivity contribution in [1.82, 2.24) is 0 Å². The second-order valence-corrected chi connectivity index (χ2v) is 5.35. The van der Waals surface area contributed by atoms with E-state index in [2.05, 4.69) is 27.7 Å². The van der Waals surface area contributed by atoms with Crippen molar-refractivity contribution in [3.63, 3.8) is 0 Å². The molecule has 1 heteroatoms. The Labute approximate surface area is 76.1 Å². The van der Waals surface area contributed by atoms with Crippen LogP contribution in [-0.2, 0) is 0 Å². The Bertz CT molecular complexity index is 169. The van der Waals surface area contributed by atoms with Crippen LogP contribution in [0, 0.1) is 16.2 Å². The third-order valence-electron chi connectivity index (χ3n) is 3.21. The molecule has 0 unspecified atom stereocenters. The fourth-order valence-electron chi connectivity index (χ4n) is 2.30. The van der Waals surface area contributed by atoms with Crippen molar-refractivity contribution >= 4 is 5.71 Å². The molecule has 1 fully saturated rings. The molecule has 0 atom stereocenters. The second-order valence-electron chi connectivity index (χ2n) is 5.35. The van der Waals surface area contributed by atoms with Crippen molar-refractivity contribution in [2.45, 2.75) is 53.4 Å². The SMILES string of the molecule is CC1(C)CCCCC(C)(C)C1=N. The summed E-state index contributed by atoms with van der Waals surface area (Å²) in [5.74, 6) is 0. The van der Waals surface area contributed by atoms with E-state index in [1.165, 1.54) is 25.7 Å². The maximum absolute atomic E-state index is 8.13. The van der Waals surface area contributed by atoms with E-state index in [0.29, 0.717) is 0 Å². The summed E-state index contributed by atoms with van der Waals surface area (Å²) in [5.41, 5.74) is 1.23. The highest BCUT2D eigenvalue weighted by Crippen LogP contribution is 2.40. The highest BCUT2D eigenvalue weighted by atomic mass is 14.6. The summed E-state index contributed by atoms with van der Waals surface area (Å²) in [5, 5.41) is 8.13. The van der Waals surface area contributed by atoms with Gasteiger partial charge in [0.25, 0.3) is 0 Å². The highest BCUT2D eigenvalue weighted by Gasteiger charge is 2.36. The lowest BCUT2D eigenvalue weighted by Gasteiger charge is -2.33. The van der Waals surface area contributed by atoms with Gasteiger partial charge in [0.15, 0.2) is 0 Å². The third-order valence-corrected chi connectivity index (χ3v) is 3.21. The summed E-state index contributed by atoms with van der Waals surface area (Å²) >= 11 is 0. The van der Waals surface area contributed by atoms with Gasteiger partial charge in [-0.2, -0.15) is 0 Å². The Morgan fingerprint density at radius 1 is 0.917 bits per heavy atom. The lowest BCUT2D eigenvalue weighted by atomic mass is 9.72. The Morgan fingerprint density at radius 2 is 1.25 bits per heavy atom. The molecule has 0 aromatic heterocycles. The average Bonchev–Trinajstić information content (AvgIpc) is 2.02. The normalized spacial score (nSPS) is 28.2. The Kier molecular flexibility index (Phi) is 2.33. The van der Waals surface area contributed by atoms with E-state index in [-0.39, 0.29) is 10.8 Å². The molecule has 70 valence electrons. The zero-order valence-corrected chi connectivity index (χ0v) is 8.83. The Morgan fingerprint density at radius 3 is 1.58 bits per heavy atom. The molecule has 0 amide bonds. The van der Waals surface area contributed by atoms with Crippen LogP contribution >= 0.6 is 0 Å². The molecule has 0 aliphatic heterocycles. The molecule has 0 heterocycles. The van der Waals surface area contributed by atoms with Gasteiger partial charge in [-0.1, -0.05) is 40.5 Å². The maximum Gasteiger partial charge on any atom is 0.0201 e. The molecule has 0 radical (unpaired) electrons. The van der Waals surface area contributed by atoms with Gasteiger partial charge in [-0.05, 0) is 12.8 Å². The van der Waals surface area contributed by atoms with E-state index in [4.69, 9.17) is 5.41 Å². The molecule has 0 bridgehead atoms. The maximum atomic E-state index is 8.13. The van der Waals surface area contributed by atoms with Gasteiger partial charge >= 0.3 is 0 Å². The zero-order chi connectivity index (χ0) is 9.41. The first-order valence-electron chi connectivity index (χ1n) is 4.96. The van der Waals surface area contributed by atoms with E-state index in [0.717, 1.165) is 5.71 Å². The summed E-state index contributed by atoms with van der Waals surface area (Å²) in [6, 6.07) is 0. The van der Waals surface area contributed by atoms with E-state index in [1.54, 1.807) is 0 Å². The van der Waals surface area contributed by atoms with Gasteiger partial charge in [0.1, 0.15) is 0 Å². The summed E-state index contributed by atoms with van der Waals surface area (Å²) < 4.78 is 0. The molecule has 1 aliphatic carbocycles. The monoisotopic (exact) mass is 167 g/mol. The molecule has 1 saturated carbocycles. The standard InChI is InChI=1S/C11H21N/c1-10(2)7-5-6-8-11(3,4)9(10)12/h12H,5-8H2,1-4H3. The number of hydrogen-bond acceptors (Lipinski definition) is 1. The molecule has 1 N–H and O–H groups in total. The molecule has 1 nitrogen and oxygen atoms in total. The van der Waals surface area contributed by atoms with Gasteiger partial charge in [0, 0.05) is 16.5 Å². The van der Waals surface area contributed by atoms with Crippen LogP contribution in [0.3, 0.4) is 0 Å². The van der Waals surface area contributed by atoms with Crippen LogP contribution in [0.2, 0.25) is 0 Å². The van der Waals surface area contributed by atoms with Crippen LogP contribution in [0.4, 0.5) is 0 Å². The van der Waals surface area contributed by atoms with E-state index in [9.17, 15) is 0 Å². The van der Waals surface area contributed by atoms with Gasteiger partial charge in [-0.15, -0.1) is 0 Å². The third kappa shape index (κ3) is 1.70. The topological polar surface area (TPSA) is 23.9 Å². The smallest absolute Gasteiger partial charge is 0.0201 e. The van der Waals surface area contributed by atoms with Gasteiger partial charge < -0.3 is 5.41 Å². The molecular weight excluding hydrogens is 146 g/mol. The van der Waals surface area contributed by atoms with Gasteiger partial charge in [0.05, 0.1) is 0 Å². The number of hydrogen-bond donors (Lipinski definition) is 1. The predicted molar refractivity (Wildman–Crippen MR) is 53.8 cm³/mol. The van der Waals surface area contributed by atoms with Crippen molar-refractivity contribution in [3.8, 4) is 0 Å². The van der Waals surface area contributed by atoms with Crippen LogP contribution in [0.1, 0.15) is 53.4 Å². The van der Waals surface area contributed by atoms with Crippen molar-refractivity contribution < 1.29 is 0 Å². The van der Waals surface area contributed by atoms with E-state index in [1.807, 2.05) is 0 Å². The summed E-state index contributed by atoms with van der Waals surface area (Å²) in [6.07, 6.45) is 4.96. The molecule has 12 heavy (non-hydrogen) atoms. The van der Waals surface area contributed by atoms with E-state index >= 15 is 0 Å². The van der Waals surface area contributed by atoms with Gasteiger partial charge in [-0.25, -0.2) is 0 Å². The molecule has 0 saturated heterocycles. The Hall–Kier alpha value is -0.330. The molecule has 0 spiro atoms. The first-order chi connectivity index (χ1) is 5.36. The molecule has 1 rings (SSSR count). The minimum Gasteiger partial charge on any atom is -0.309 e. The fraction of sp³-hybridized carbons (Fsp3) is 0.909. The first kappa shape index (κ1) is 9.76. The second kappa shape index (κ2) is 2.86. The Balaban J connectivity index is 2.89. The predicted octanol–water partition coefficient (Wildman–Crippen LogP) is 3.63. The van der Waals surface area contributed by atoms with Crippen LogP contribution in [0.25, 0.3) is 0 Å². The first-order valence-corrected chi connectivity index (χ1v) is 4.96. The van der Waals surface area contributed by atoms with Gasteiger partial charge in [0.2, 0.25) is 0 Å². The van der Waals surface area contributed by atoms with Crippen molar-refractivity contribution in [2.75, 3.05) is 0 Å². The van der Waals surface area contributed by atoms with Crippen molar-refractivity contribution in [3.05, 3.63) is 0 Å². The number of rotatable bonds is 0. The number of nitrogens with one attached hydrogen (secondary N) is 1. The van der Waals surface area contributed by atoms with Gasteiger partial charge in [-0.3, -0.25) is 0 Å². The molecular formula is C11H21N. The largest absolute Gasteiger partial charge is 0.309 e.